The van der Waals surface area contributed by atoms with Crippen molar-refractivity contribution in [3.05, 3.63) is 53.6 Å². The van der Waals surface area contributed by atoms with Crippen molar-refractivity contribution in [3.8, 4) is 11.8 Å². The highest BCUT2D eigenvalue weighted by Crippen LogP contribution is 2.31. The average Bonchev–Trinajstić information content (AvgIpc) is 2.60. The number of benzene rings is 2. The van der Waals surface area contributed by atoms with Crippen LogP contribution in [0.15, 0.2) is 47.4 Å². The van der Waals surface area contributed by atoms with Gasteiger partial charge in [-0.1, -0.05) is 12.1 Å². The van der Waals surface area contributed by atoms with Gasteiger partial charge in [0.1, 0.15) is 10.6 Å². The maximum absolute atomic E-state index is 12.9. The average molecular weight is 346 g/mol. The minimum Gasteiger partial charge on any atom is -0.495 e. The van der Waals surface area contributed by atoms with Crippen molar-refractivity contribution in [1.29, 1.82) is 5.26 Å². The van der Waals surface area contributed by atoms with Crippen molar-refractivity contribution < 1.29 is 23.1 Å². The predicted octanol–water partition coefficient (Wildman–Crippen LogP) is 2.09. The van der Waals surface area contributed by atoms with Crippen LogP contribution in [0, 0.1) is 11.3 Å². The highest BCUT2D eigenvalue weighted by molar-refractivity contribution is 7.93. The van der Waals surface area contributed by atoms with Crippen molar-refractivity contribution in [1.82, 2.24) is 0 Å². The molecule has 0 bridgehead atoms. The number of nitriles is 1. The number of carboxylic acids is 1. The smallest absolute Gasteiger partial charge is 0.337 e. The van der Waals surface area contributed by atoms with Crippen LogP contribution in [0.5, 0.6) is 5.75 Å². The van der Waals surface area contributed by atoms with E-state index in [0.717, 1.165) is 4.31 Å². The Kier molecular flexibility index (Phi) is 4.76. The second kappa shape index (κ2) is 6.60. The van der Waals surface area contributed by atoms with Gasteiger partial charge in [0, 0.05) is 7.05 Å². The number of sulfonamides is 1. The van der Waals surface area contributed by atoms with E-state index in [1.165, 1.54) is 50.6 Å². The molecular formula is C16H14N2O5S. The van der Waals surface area contributed by atoms with E-state index in [-0.39, 0.29) is 27.5 Å². The summed E-state index contributed by atoms with van der Waals surface area (Å²) in [5.41, 5.74) is 0.131. The van der Waals surface area contributed by atoms with E-state index in [9.17, 15) is 18.3 Å². The third-order valence-electron chi connectivity index (χ3n) is 3.40. The zero-order valence-corrected chi connectivity index (χ0v) is 13.7. The number of ether oxygens (including phenoxy) is 1. The van der Waals surface area contributed by atoms with Gasteiger partial charge in [0.2, 0.25) is 0 Å². The first-order valence-corrected chi connectivity index (χ1v) is 8.16. The fourth-order valence-corrected chi connectivity index (χ4v) is 3.51. The van der Waals surface area contributed by atoms with E-state index in [4.69, 9.17) is 10.00 Å². The number of para-hydroxylation sites is 1. The van der Waals surface area contributed by atoms with Gasteiger partial charge in [-0.3, -0.25) is 4.31 Å². The highest BCUT2D eigenvalue weighted by atomic mass is 32.2. The normalized spacial score (nSPS) is 10.7. The third kappa shape index (κ3) is 3.02. The van der Waals surface area contributed by atoms with E-state index in [2.05, 4.69) is 0 Å². The molecule has 0 unspecified atom stereocenters. The zero-order valence-electron chi connectivity index (χ0n) is 12.9. The van der Waals surface area contributed by atoms with Gasteiger partial charge < -0.3 is 9.84 Å². The highest BCUT2D eigenvalue weighted by Gasteiger charge is 2.28. The second-order valence-electron chi connectivity index (χ2n) is 4.77. The van der Waals surface area contributed by atoms with Gasteiger partial charge in [-0.25, -0.2) is 13.2 Å². The maximum Gasteiger partial charge on any atom is 0.337 e. The van der Waals surface area contributed by atoms with E-state index in [0.29, 0.717) is 0 Å². The number of methoxy groups -OCH3 is 1. The molecule has 2 rings (SSSR count). The van der Waals surface area contributed by atoms with Crippen LogP contribution in [0.3, 0.4) is 0 Å². The predicted molar refractivity (Wildman–Crippen MR) is 86.7 cm³/mol. The molecule has 0 aliphatic heterocycles. The summed E-state index contributed by atoms with van der Waals surface area (Å²) in [6, 6.07) is 11.6. The molecule has 0 saturated heterocycles. The van der Waals surface area contributed by atoms with Crippen LogP contribution in [0.1, 0.15) is 15.9 Å². The Morgan fingerprint density at radius 1 is 1.25 bits per heavy atom. The number of aromatic carboxylic acids is 1. The minimum atomic E-state index is -4.08. The van der Waals surface area contributed by atoms with Gasteiger partial charge in [0.15, 0.2) is 0 Å². The Bertz CT molecular complexity index is 932. The summed E-state index contributed by atoms with van der Waals surface area (Å²) >= 11 is 0. The first-order chi connectivity index (χ1) is 11.3. The first kappa shape index (κ1) is 17.3. The van der Waals surface area contributed by atoms with Gasteiger partial charge in [-0.15, -0.1) is 0 Å². The van der Waals surface area contributed by atoms with E-state index < -0.39 is 16.0 Å². The number of carbonyl (C=O) groups is 1. The quantitative estimate of drug-likeness (QED) is 0.888. The Hall–Kier alpha value is -3.05. The Morgan fingerprint density at radius 3 is 2.50 bits per heavy atom. The fraction of sp³-hybridized carbons (Fsp3) is 0.125. The molecule has 0 heterocycles. The third-order valence-corrected chi connectivity index (χ3v) is 5.22. The van der Waals surface area contributed by atoms with Crippen LogP contribution in [0.4, 0.5) is 5.69 Å². The monoisotopic (exact) mass is 346 g/mol. The topological polar surface area (TPSA) is 108 Å². The van der Waals surface area contributed by atoms with Crippen LogP contribution < -0.4 is 9.04 Å². The lowest BCUT2D eigenvalue weighted by Crippen LogP contribution is -2.28. The lowest BCUT2D eigenvalue weighted by molar-refractivity contribution is 0.0698. The largest absolute Gasteiger partial charge is 0.495 e. The Balaban J connectivity index is 2.60. The molecule has 2 aromatic rings. The molecular weight excluding hydrogens is 332 g/mol. The molecule has 0 aliphatic rings. The molecule has 0 aliphatic carbocycles. The fourth-order valence-electron chi connectivity index (χ4n) is 2.16. The second-order valence-corrected chi connectivity index (χ2v) is 6.71. The SMILES string of the molecule is COc1cc(C#N)ccc1S(=O)(=O)N(C)c1ccccc1C(=O)O. The van der Waals surface area contributed by atoms with Gasteiger partial charge in [0.05, 0.1) is 30.0 Å². The number of anilines is 1. The molecule has 8 heteroatoms. The van der Waals surface area contributed by atoms with Crippen molar-refractivity contribution in [3.63, 3.8) is 0 Å². The molecule has 0 saturated carbocycles. The molecule has 0 amide bonds. The molecule has 124 valence electrons. The van der Waals surface area contributed by atoms with E-state index in [1.54, 1.807) is 6.07 Å². The number of rotatable bonds is 5. The zero-order chi connectivity index (χ0) is 17.9. The Labute approximate surface area is 139 Å². The number of carboxylic acid groups (broad SMARTS) is 1. The Morgan fingerprint density at radius 2 is 1.92 bits per heavy atom. The van der Waals surface area contributed by atoms with Crippen molar-refractivity contribution >= 4 is 21.7 Å². The van der Waals surface area contributed by atoms with Crippen LogP contribution in [0.25, 0.3) is 0 Å². The van der Waals surface area contributed by atoms with Crippen molar-refractivity contribution in [2.75, 3.05) is 18.5 Å². The molecule has 0 radical (unpaired) electrons. The number of nitrogens with zero attached hydrogens (tertiary/aromatic N) is 2. The summed E-state index contributed by atoms with van der Waals surface area (Å²) in [7, 11) is -1.53. The van der Waals surface area contributed by atoms with Crippen LogP contribution in [0.2, 0.25) is 0 Å². The van der Waals surface area contributed by atoms with Crippen LogP contribution in [-0.2, 0) is 10.0 Å². The lowest BCUT2D eigenvalue weighted by Gasteiger charge is -2.22. The van der Waals surface area contributed by atoms with Crippen molar-refractivity contribution in [2.24, 2.45) is 0 Å². The van der Waals surface area contributed by atoms with Crippen LogP contribution >= 0.6 is 0 Å². The summed E-state index contributed by atoms with van der Waals surface area (Å²) in [5.74, 6) is -1.23. The van der Waals surface area contributed by atoms with Gasteiger partial charge in [-0.05, 0) is 30.3 Å². The lowest BCUT2D eigenvalue weighted by atomic mass is 10.2. The number of hydrogen-bond acceptors (Lipinski definition) is 5. The minimum absolute atomic E-state index is 0.00806. The molecule has 1 N–H and O–H groups in total. The summed E-state index contributed by atoms with van der Waals surface area (Å²) in [6.07, 6.45) is 0. The molecule has 2 aromatic carbocycles. The van der Waals surface area contributed by atoms with Gasteiger partial charge >= 0.3 is 5.97 Å². The van der Waals surface area contributed by atoms with Crippen molar-refractivity contribution in [2.45, 2.75) is 4.90 Å². The number of hydrogen-bond donors (Lipinski definition) is 1. The van der Waals surface area contributed by atoms with E-state index in [1.807, 2.05) is 6.07 Å². The summed E-state index contributed by atoms with van der Waals surface area (Å²) < 4.78 is 31.7. The van der Waals surface area contributed by atoms with Crippen LogP contribution in [-0.4, -0.2) is 33.7 Å². The molecule has 0 aromatic heterocycles. The summed E-state index contributed by atoms with van der Waals surface area (Å²) in [6.45, 7) is 0. The standard InChI is InChI=1S/C16H14N2O5S/c1-18(13-6-4-3-5-12(13)16(19)20)24(21,22)15-8-7-11(10-17)9-14(15)23-2/h3-9H,1-2H3,(H,19,20). The van der Waals surface area contributed by atoms with Gasteiger partial charge in [0.25, 0.3) is 10.0 Å². The first-order valence-electron chi connectivity index (χ1n) is 6.72. The summed E-state index contributed by atoms with van der Waals surface area (Å²) in [4.78, 5) is 11.2. The molecule has 0 atom stereocenters. The summed E-state index contributed by atoms with van der Waals surface area (Å²) in [5, 5.41) is 18.1. The molecule has 0 spiro atoms. The molecule has 24 heavy (non-hydrogen) atoms. The maximum atomic E-state index is 12.9. The molecule has 0 fully saturated rings. The molecule has 7 nitrogen and oxygen atoms in total. The van der Waals surface area contributed by atoms with Gasteiger partial charge in [-0.2, -0.15) is 5.26 Å². The van der Waals surface area contributed by atoms with E-state index >= 15 is 0 Å².